The minimum Gasteiger partial charge on any atom is -0.507 e. The summed E-state index contributed by atoms with van der Waals surface area (Å²) in [6.07, 6.45) is 0.904. The van der Waals surface area contributed by atoms with Gasteiger partial charge in [-0.2, -0.15) is 0 Å². The van der Waals surface area contributed by atoms with E-state index in [1.807, 2.05) is 29.7 Å². The smallest absolute Gasteiger partial charge is 0.147 e. The highest BCUT2D eigenvalue weighted by molar-refractivity contribution is 5.82. The molecule has 1 N–H and O–H groups in total. The van der Waals surface area contributed by atoms with Gasteiger partial charge in [-0.25, -0.2) is 9.37 Å². The normalized spacial score (nSPS) is 11.2. The standard InChI is InChI=1S/C17H17FN2O/c1-3-9-20-14-8-7-11(2)10-13(14)19-17(20)16-12(18)5-4-6-15(16)21/h4-8,10,21H,3,9H2,1-2H3. The maximum absolute atomic E-state index is 14.2. The van der Waals surface area contributed by atoms with Crippen LogP contribution in [0.5, 0.6) is 5.75 Å². The number of fused-ring (bicyclic) bond motifs is 1. The number of benzene rings is 2. The molecule has 0 saturated heterocycles. The summed E-state index contributed by atoms with van der Waals surface area (Å²) in [5.74, 6) is -0.0631. The van der Waals surface area contributed by atoms with E-state index in [1.165, 1.54) is 18.2 Å². The molecule has 0 saturated carbocycles. The number of phenolic OH excluding ortho intramolecular Hbond substituents is 1. The van der Waals surface area contributed by atoms with Gasteiger partial charge in [-0.05, 0) is 43.2 Å². The highest BCUT2D eigenvalue weighted by Gasteiger charge is 2.18. The molecule has 0 aliphatic heterocycles. The van der Waals surface area contributed by atoms with Gasteiger partial charge in [0.05, 0.1) is 16.6 Å². The van der Waals surface area contributed by atoms with Crippen LogP contribution in [0.15, 0.2) is 36.4 Å². The molecule has 3 rings (SSSR count). The first kappa shape index (κ1) is 13.6. The van der Waals surface area contributed by atoms with Crippen LogP contribution in [-0.2, 0) is 6.54 Å². The molecule has 0 bridgehead atoms. The lowest BCUT2D eigenvalue weighted by Gasteiger charge is -2.10. The first-order chi connectivity index (χ1) is 10.1. The van der Waals surface area contributed by atoms with Crippen LogP contribution in [0.1, 0.15) is 18.9 Å². The van der Waals surface area contributed by atoms with Crippen molar-refractivity contribution >= 4 is 11.0 Å². The molecule has 3 nitrogen and oxygen atoms in total. The summed E-state index contributed by atoms with van der Waals surface area (Å²) in [7, 11) is 0. The van der Waals surface area contributed by atoms with Crippen LogP contribution in [0.25, 0.3) is 22.4 Å². The van der Waals surface area contributed by atoms with Crippen molar-refractivity contribution in [1.29, 1.82) is 0 Å². The molecule has 0 aliphatic rings. The summed E-state index contributed by atoms with van der Waals surface area (Å²) in [4.78, 5) is 4.55. The number of aromatic nitrogens is 2. The fraction of sp³-hybridized carbons (Fsp3) is 0.235. The zero-order chi connectivity index (χ0) is 15.0. The number of nitrogens with zero attached hydrogens (tertiary/aromatic N) is 2. The van der Waals surface area contributed by atoms with E-state index in [9.17, 15) is 9.50 Å². The molecule has 0 fully saturated rings. The Morgan fingerprint density at radius 3 is 2.76 bits per heavy atom. The lowest BCUT2D eigenvalue weighted by Crippen LogP contribution is -2.01. The number of aromatic hydroxyl groups is 1. The lowest BCUT2D eigenvalue weighted by molar-refractivity contribution is 0.470. The molecular formula is C17H17FN2O. The summed E-state index contributed by atoms with van der Waals surface area (Å²) in [5, 5.41) is 10.0. The predicted octanol–water partition coefficient (Wildman–Crippen LogP) is 4.27. The van der Waals surface area contributed by atoms with Crippen molar-refractivity contribution in [3.63, 3.8) is 0 Å². The van der Waals surface area contributed by atoms with Crippen LogP contribution in [0, 0.1) is 12.7 Å². The third kappa shape index (κ3) is 2.27. The Balaban J connectivity index is 2.33. The van der Waals surface area contributed by atoms with E-state index in [0.29, 0.717) is 5.82 Å². The number of phenols is 1. The Morgan fingerprint density at radius 2 is 2.05 bits per heavy atom. The van der Waals surface area contributed by atoms with Gasteiger partial charge >= 0.3 is 0 Å². The predicted molar refractivity (Wildman–Crippen MR) is 81.8 cm³/mol. The monoisotopic (exact) mass is 284 g/mol. The van der Waals surface area contributed by atoms with Crippen molar-refractivity contribution < 1.29 is 9.50 Å². The van der Waals surface area contributed by atoms with Gasteiger partial charge in [-0.15, -0.1) is 0 Å². The van der Waals surface area contributed by atoms with Gasteiger partial charge in [-0.3, -0.25) is 0 Å². The van der Waals surface area contributed by atoms with E-state index in [2.05, 4.69) is 11.9 Å². The van der Waals surface area contributed by atoms with Gasteiger partial charge in [-0.1, -0.05) is 19.1 Å². The molecule has 0 unspecified atom stereocenters. The summed E-state index contributed by atoms with van der Waals surface area (Å²) in [6.45, 7) is 4.78. The fourth-order valence-electron chi connectivity index (χ4n) is 2.61. The average molecular weight is 284 g/mol. The molecule has 0 atom stereocenters. The van der Waals surface area contributed by atoms with Crippen LogP contribution in [0.3, 0.4) is 0 Å². The van der Waals surface area contributed by atoms with Crippen molar-refractivity contribution in [3.8, 4) is 17.1 Å². The molecule has 2 aromatic carbocycles. The molecule has 3 aromatic rings. The highest BCUT2D eigenvalue weighted by Crippen LogP contribution is 2.33. The molecule has 1 heterocycles. The first-order valence-corrected chi connectivity index (χ1v) is 7.06. The molecular weight excluding hydrogens is 267 g/mol. The number of hydrogen-bond acceptors (Lipinski definition) is 2. The van der Waals surface area contributed by atoms with Gasteiger partial charge in [0.2, 0.25) is 0 Å². The van der Waals surface area contributed by atoms with E-state index in [4.69, 9.17) is 0 Å². The molecule has 108 valence electrons. The van der Waals surface area contributed by atoms with Gasteiger partial charge in [0.1, 0.15) is 17.4 Å². The van der Waals surface area contributed by atoms with Crippen LogP contribution in [0.4, 0.5) is 4.39 Å². The van der Waals surface area contributed by atoms with Gasteiger partial charge < -0.3 is 9.67 Å². The molecule has 1 aromatic heterocycles. The molecule has 4 heteroatoms. The van der Waals surface area contributed by atoms with Gasteiger partial charge in [0.15, 0.2) is 0 Å². The quantitative estimate of drug-likeness (QED) is 0.780. The lowest BCUT2D eigenvalue weighted by atomic mass is 10.1. The third-order valence-electron chi connectivity index (χ3n) is 3.57. The molecule has 0 aliphatic carbocycles. The minimum absolute atomic E-state index is 0.0839. The van der Waals surface area contributed by atoms with Crippen molar-refractivity contribution in [1.82, 2.24) is 9.55 Å². The Morgan fingerprint density at radius 1 is 1.24 bits per heavy atom. The summed E-state index contributed by atoms with van der Waals surface area (Å²) in [5.41, 5.74) is 3.05. The summed E-state index contributed by atoms with van der Waals surface area (Å²) >= 11 is 0. The number of hydrogen-bond donors (Lipinski definition) is 1. The first-order valence-electron chi connectivity index (χ1n) is 7.06. The van der Waals surface area contributed by atoms with Crippen LogP contribution in [0.2, 0.25) is 0 Å². The van der Waals surface area contributed by atoms with Crippen LogP contribution >= 0.6 is 0 Å². The Kier molecular flexibility index (Phi) is 3.37. The van der Waals surface area contributed by atoms with Crippen molar-refractivity contribution in [2.24, 2.45) is 0 Å². The SMILES string of the molecule is CCCn1c(-c2c(O)cccc2F)nc2cc(C)ccc21. The zero-order valence-corrected chi connectivity index (χ0v) is 12.1. The fourth-order valence-corrected chi connectivity index (χ4v) is 2.61. The second kappa shape index (κ2) is 5.20. The van der Waals surface area contributed by atoms with Crippen molar-refractivity contribution in [2.45, 2.75) is 26.8 Å². The maximum Gasteiger partial charge on any atom is 0.147 e. The van der Waals surface area contributed by atoms with E-state index in [0.717, 1.165) is 29.6 Å². The maximum atomic E-state index is 14.2. The number of rotatable bonds is 3. The van der Waals surface area contributed by atoms with E-state index in [1.54, 1.807) is 0 Å². The average Bonchev–Trinajstić information content (AvgIpc) is 2.77. The number of imidazole rings is 1. The largest absolute Gasteiger partial charge is 0.507 e. The molecule has 0 radical (unpaired) electrons. The highest BCUT2D eigenvalue weighted by atomic mass is 19.1. The Bertz CT molecular complexity index is 788. The Labute approximate surface area is 122 Å². The second-order valence-electron chi connectivity index (χ2n) is 5.21. The summed E-state index contributed by atoms with van der Waals surface area (Å²) in [6, 6.07) is 10.3. The van der Waals surface area contributed by atoms with E-state index >= 15 is 0 Å². The van der Waals surface area contributed by atoms with Crippen molar-refractivity contribution in [3.05, 3.63) is 47.8 Å². The van der Waals surface area contributed by atoms with Crippen molar-refractivity contribution in [2.75, 3.05) is 0 Å². The van der Waals surface area contributed by atoms with Crippen LogP contribution < -0.4 is 0 Å². The Hall–Kier alpha value is -2.36. The molecule has 21 heavy (non-hydrogen) atoms. The number of halogens is 1. The number of aryl methyl sites for hydroxylation is 2. The molecule has 0 amide bonds. The summed E-state index contributed by atoms with van der Waals surface area (Å²) < 4.78 is 16.1. The second-order valence-corrected chi connectivity index (χ2v) is 5.21. The van der Waals surface area contributed by atoms with Crippen LogP contribution in [-0.4, -0.2) is 14.7 Å². The van der Waals surface area contributed by atoms with E-state index < -0.39 is 5.82 Å². The topological polar surface area (TPSA) is 38.0 Å². The van der Waals surface area contributed by atoms with Gasteiger partial charge in [0.25, 0.3) is 0 Å². The third-order valence-corrected chi connectivity index (χ3v) is 3.57. The molecule has 0 spiro atoms. The van der Waals surface area contributed by atoms with E-state index in [-0.39, 0.29) is 11.3 Å². The minimum atomic E-state index is -0.459. The zero-order valence-electron chi connectivity index (χ0n) is 12.1. The van der Waals surface area contributed by atoms with Gasteiger partial charge in [0, 0.05) is 6.54 Å².